The van der Waals surface area contributed by atoms with Gasteiger partial charge in [-0.25, -0.2) is 9.18 Å². The molecule has 0 fully saturated rings. The summed E-state index contributed by atoms with van der Waals surface area (Å²) in [5.41, 5.74) is 5.49. The number of anilines is 1. The van der Waals surface area contributed by atoms with Crippen LogP contribution in [-0.2, 0) is 9.59 Å². The summed E-state index contributed by atoms with van der Waals surface area (Å²) in [5.74, 6) is -2.66. The number of halogens is 1. The first-order valence-corrected chi connectivity index (χ1v) is 5.61. The normalized spacial score (nSPS) is 9.90. The molecule has 0 radical (unpaired) electrons. The summed E-state index contributed by atoms with van der Waals surface area (Å²) in [5, 5.41) is 11.0. The first-order chi connectivity index (χ1) is 9.29. The van der Waals surface area contributed by atoms with Crippen LogP contribution in [0.3, 0.4) is 0 Å². The lowest BCUT2D eigenvalue weighted by atomic mass is 10.2. The molecule has 0 aliphatic carbocycles. The second-order valence-corrected chi connectivity index (χ2v) is 4.11. The van der Waals surface area contributed by atoms with Crippen LogP contribution in [-0.4, -0.2) is 41.0 Å². The molecule has 0 heterocycles. The minimum Gasteiger partial charge on any atom is -0.480 e. The highest BCUT2D eigenvalue weighted by atomic mass is 19.1. The van der Waals surface area contributed by atoms with Crippen molar-refractivity contribution in [2.75, 3.05) is 18.4 Å². The van der Waals surface area contributed by atoms with E-state index in [1.165, 1.54) is 12.1 Å². The molecule has 1 rings (SSSR count). The summed E-state index contributed by atoms with van der Waals surface area (Å²) in [6, 6.07) is 3.16. The van der Waals surface area contributed by atoms with E-state index in [1.807, 2.05) is 0 Å². The predicted molar refractivity (Wildman–Crippen MR) is 68.6 cm³/mol. The molecule has 1 aromatic rings. The molecule has 0 aromatic heterocycles. The lowest BCUT2D eigenvalue weighted by Crippen LogP contribution is -2.43. The fourth-order valence-corrected chi connectivity index (χ4v) is 1.42. The number of primary amides is 1. The minimum atomic E-state index is -1.29. The fourth-order valence-electron chi connectivity index (χ4n) is 1.42. The van der Waals surface area contributed by atoms with Crippen LogP contribution in [0, 0.1) is 12.7 Å². The van der Waals surface area contributed by atoms with E-state index < -0.39 is 36.8 Å². The third-order valence-electron chi connectivity index (χ3n) is 2.38. The molecule has 108 valence electrons. The van der Waals surface area contributed by atoms with E-state index in [2.05, 4.69) is 5.32 Å². The highest BCUT2D eigenvalue weighted by Crippen LogP contribution is 2.14. The van der Waals surface area contributed by atoms with E-state index in [-0.39, 0.29) is 5.69 Å². The number of nitrogens with two attached hydrogens (primary N) is 1. The number of urea groups is 1. The molecule has 4 N–H and O–H groups in total. The van der Waals surface area contributed by atoms with E-state index in [1.54, 1.807) is 6.92 Å². The largest absolute Gasteiger partial charge is 0.480 e. The van der Waals surface area contributed by atoms with Gasteiger partial charge in [0.1, 0.15) is 18.9 Å². The standard InChI is InChI=1S/C12H14FN3O4/c1-7-2-3-8(4-9(7)13)15-12(20)16(5-10(14)17)6-11(18)19/h2-4H,5-6H2,1H3,(H2,14,17)(H,15,20)(H,18,19). The van der Waals surface area contributed by atoms with Gasteiger partial charge in [-0.2, -0.15) is 0 Å². The molecule has 20 heavy (non-hydrogen) atoms. The number of carboxylic acids is 1. The number of hydrogen-bond donors (Lipinski definition) is 3. The van der Waals surface area contributed by atoms with Gasteiger partial charge in [0.25, 0.3) is 0 Å². The lowest BCUT2D eigenvalue weighted by molar-refractivity contribution is -0.137. The Kier molecular flexibility index (Phi) is 5.01. The average Bonchev–Trinajstić information content (AvgIpc) is 2.32. The van der Waals surface area contributed by atoms with Gasteiger partial charge in [0.2, 0.25) is 5.91 Å². The quantitative estimate of drug-likeness (QED) is 0.731. The molecule has 7 nitrogen and oxygen atoms in total. The number of nitrogens with one attached hydrogen (secondary N) is 1. The highest BCUT2D eigenvalue weighted by molar-refractivity contribution is 5.93. The van der Waals surface area contributed by atoms with Crippen LogP contribution < -0.4 is 11.1 Å². The van der Waals surface area contributed by atoms with Crippen molar-refractivity contribution in [3.8, 4) is 0 Å². The van der Waals surface area contributed by atoms with Gasteiger partial charge in [0, 0.05) is 5.69 Å². The Bertz CT molecular complexity index is 532. The molecule has 0 unspecified atom stereocenters. The van der Waals surface area contributed by atoms with Crippen LogP contribution in [0.25, 0.3) is 0 Å². The number of rotatable bonds is 5. The van der Waals surface area contributed by atoms with Gasteiger partial charge in [-0.3, -0.25) is 9.59 Å². The molecular formula is C12H14FN3O4. The molecule has 0 saturated heterocycles. The molecule has 0 atom stereocenters. The fraction of sp³-hybridized carbons (Fsp3) is 0.250. The minimum absolute atomic E-state index is 0.151. The summed E-state index contributed by atoms with van der Waals surface area (Å²) < 4.78 is 13.3. The Morgan fingerprint density at radius 3 is 2.50 bits per heavy atom. The highest BCUT2D eigenvalue weighted by Gasteiger charge is 2.19. The Morgan fingerprint density at radius 1 is 1.35 bits per heavy atom. The molecule has 0 spiro atoms. The van der Waals surface area contributed by atoms with Crippen LogP contribution >= 0.6 is 0 Å². The van der Waals surface area contributed by atoms with Crippen LogP contribution in [0.2, 0.25) is 0 Å². The maximum absolute atomic E-state index is 13.3. The monoisotopic (exact) mass is 283 g/mol. The zero-order valence-corrected chi connectivity index (χ0v) is 10.7. The maximum Gasteiger partial charge on any atom is 0.323 e. The second-order valence-electron chi connectivity index (χ2n) is 4.11. The Labute approximate surface area is 114 Å². The van der Waals surface area contributed by atoms with Crippen molar-refractivity contribution in [1.29, 1.82) is 0 Å². The second kappa shape index (κ2) is 6.50. The molecule has 0 aliphatic heterocycles. The maximum atomic E-state index is 13.3. The van der Waals surface area contributed by atoms with Gasteiger partial charge >= 0.3 is 12.0 Å². The van der Waals surface area contributed by atoms with Crippen LogP contribution in [0.5, 0.6) is 0 Å². The molecule has 1 aromatic carbocycles. The predicted octanol–water partition coefficient (Wildman–Crippen LogP) is 0.538. The van der Waals surface area contributed by atoms with E-state index >= 15 is 0 Å². The van der Waals surface area contributed by atoms with Crippen LogP contribution in [0.4, 0.5) is 14.9 Å². The molecule has 3 amide bonds. The lowest BCUT2D eigenvalue weighted by Gasteiger charge is -2.19. The summed E-state index contributed by atoms with van der Waals surface area (Å²) in [6.07, 6.45) is 0. The molecule has 8 heteroatoms. The number of hydrogen-bond acceptors (Lipinski definition) is 3. The third-order valence-corrected chi connectivity index (χ3v) is 2.38. The molecule has 0 saturated carbocycles. The summed E-state index contributed by atoms with van der Waals surface area (Å²) in [7, 11) is 0. The number of amides is 3. The van der Waals surface area contributed by atoms with Gasteiger partial charge in [-0.15, -0.1) is 0 Å². The van der Waals surface area contributed by atoms with Gasteiger partial charge in [-0.05, 0) is 24.6 Å². The summed E-state index contributed by atoms with van der Waals surface area (Å²) in [6.45, 7) is 0.320. The van der Waals surface area contributed by atoms with Crippen molar-refractivity contribution >= 4 is 23.6 Å². The van der Waals surface area contributed by atoms with E-state index in [0.29, 0.717) is 10.5 Å². The van der Waals surface area contributed by atoms with Crippen molar-refractivity contribution < 1.29 is 23.9 Å². The Morgan fingerprint density at radius 2 is 2.00 bits per heavy atom. The Hall–Kier alpha value is -2.64. The van der Waals surface area contributed by atoms with Crippen molar-refractivity contribution in [2.24, 2.45) is 5.73 Å². The van der Waals surface area contributed by atoms with Gasteiger partial charge in [-0.1, -0.05) is 6.07 Å². The van der Waals surface area contributed by atoms with Gasteiger partial charge in [0.05, 0.1) is 0 Å². The third kappa shape index (κ3) is 4.56. The van der Waals surface area contributed by atoms with Gasteiger partial charge in [0.15, 0.2) is 0 Å². The van der Waals surface area contributed by atoms with Crippen molar-refractivity contribution in [3.63, 3.8) is 0 Å². The zero-order chi connectivity index (χ0) is 15.3. The smallest absolute Gasteiger partial charge is 0.323 e. The molecule has 0 bridgehead atoms. The number of nitrogens with zero attached hydrogens (tertiary/aromatic N) is 1. The number of benzene rings is 1. The Balaban J connectivity index is 2.81. The van der Waals surface area contributed by atoms with Crippen LogP contribution in [0.15, 0.2) is 18.2 Å². The van der Waals surface area contributed by atoms with E-state index in [4.69, 9.17) is 10.8 Å². The van der Waals surface area contributed by atoms with Gasteiger partial charge < -0.3 is 21.1 Å². The topological polar surface area (TPSA) is 113 Å². The average molecular weight is 283 g/mol. The van der Waals surface area contributed by atoms with Crippen molar-refractivity contribution in [1.82, 2.24) is 4.90 Å². The number of carboxylic acid groups (broad SMARTS) is 1. The zero-order valence-electron chi connectivity index (χ0n) is 10.7. The van der Waals surface area contributed by atoms with Crippen molar-refractivity contribution in [2.45, 2.75) is 6.92 Å². The van der Waals surface area contributed by atoms with Crippen LogP contribution in [0.1, 0.15) is 5.56 Å². The summed E-state index contributed by atoms with van der Waals surface area (Å²) in [4.78, 5) is 33.9. The molecular weight excluding hydrogens is 269 g/mol. The number of aryl methyl sites for hydroxylation is 1. The SMILES string of the molecule is Cc1ccc(NC(=O)N(CC(N)=O)CC(=O)O)cc1F. The van der Waals surface area contributed by atoms with E-state index in [0.717, 1.165) is 6.07 Å². The number of carbonyl (C=O) groups is 3. The summed E-state index contributed by atoms with van der Waals surface area (Å²) >= 11 is 0. The number of aliphatic carboxylic acids is 1. The first kappa shape index (κ1) is 15.4. The van der Waals surface area contributed by atoms with E-state index in [9.17, 15) is 18.8 Å². The number of carbonyl (C=O) groups excluding carboxylic acids is 2. The molecule has 0 aliphatic rings. The first-order valence-electron chi connectivity index (χ1n) is 5.61. The van der Waals surface area contributed by atoms with Crippen molar-refractivity contribution in [3.05, 3.63) is 29.6 Å².